The van der Waals surface area contributed by atoms with E-state index in [0.717, 1.165) is 27.2 Å². The molecule has 0 saturated heterocycles. The Morgan fingerprint density at radius 3 is 2.75 bits per heavy atom. The molecular formula is C16H11BrFNO. The van der Waals surface area contributed by atoms with Gasteiger partial charge < -0.3 is 4.57 Å². The van der Waals surface area contributed by atoms with Crippen molar-refractivity contribution < 1.29 is 9.18 Å². The van der Waals surface area contributed by atoms with Crippen molar-refractivity contribution in [1.82, 2.24) is 4.57 Å². The van der Waals surface area contributed by atoms with Gasteiger partial charge in [-0.15, -0.1) is 0 Å². The Kier molecular flexibility index (Phi) is 3.40. The number of carbonyl (C=O) groups is 1. The van der Waals surface area contributed by atoms with E-state index >= 15 is 0 Å². The molecule has 0 amide bonds. The fourth-order valence-corrected chi connectivity index (χ4v) is 2.72. The minimum Gasteiger partial charge on any atom is -0.343 e. The van der Waals surface area contributed by atoms with Crippen LogP contribution < -0.4 is 0 Å². The lowest BCUT2D eigenvalue weighted by atomic mass is 10.2. The van der Waals surface area contributed by atoms with Crippen molar-refractivity contribution in [3.63, 3.8) is 0 Å². The van der Waals surface area contributed by atoms with Crippen LogP contribution in [0.25, 0.3) is 10.9 Å². The van der Waals surface area contributed by atoms with Crippen LogP contribution in [0.15, 0.2) is 53.1 Å². The second kappa shape index (κ2) is 5.21. The lowest BCUT2D eigenvalue weighted by molar-refractivity contribution is 0.112. The number of hydrogen-bond donors (Lipinski definition) is 0. The number of nitrogens with zero attached hydrogens (tertiary/aromatic N) is 1. The number of halogens is 2. The lowest BCUT2D eigenvalue weighted by Gasteiger charge is -2.08. The maximum atomic E-state index is 13.1. The minimum atomic E-state index is -0.263. The summed E-state index contributed by atoms with van der Waals surface area (Å²) in [6.45, 7) is 0.618. The Hall–Kier alpha value is -1.94. The van der Waals surface area contributed by atoms with E-state index in [2.05, 4.69) is 15.9 Å². The van der Waals surface area contributed by atoms with Crippen LogP contribution in [0.5, 0.6) is 0 Å². The SMILES string of the molecule is O=Cc1ccc2ccn(Cc3ccc(F)cc3Br)c2c1. The number of benzene rings is 2. The summed E-state index contributed by atoms with van der Waals surface area (Å²) in [6, 6.07) is 12.2. The molecule has 100 valence electrons. The average molecular weight is 332 g/mol. The van der Waals surface area contributed by atoms with Crippen molar-refractivity contribution in [3.05, 3.63) is 70.1 Å². The average Bonchev–Trinajstić information content (AvgIpc) is 2.84. The number of hydrogen-bond acceptors (Lipinski definition) is 1. The first-order chi connectivity index (χ1) is 9.67. The van der Waals surface area contributed by atoms with E-state index in [0.29, 0.717) is 12.1 Å². The number of rotatable bonds is 3. The summed E-state index contributed by atoms with van der Waals surface area (Å²) < 4.78 is 15.9. The zero-order chi connectivity index (χ0) is 14.1. The van der Waals surface area contributed by atoms with Crippen LogP contribution in [0.1, 0.15) is 15.9 Å². The Balaban J connectivity index is 2.04. The number of carbonyl (C=O) groups excluding carboxylic acids is 1. The molecule has 0 unspecified atom stereocenters. The van der Waals surface area contributed by atoms with E-state index in [1.54, 1.807) is 12.1 Å². The molecule has 1 heterocycles. The van der Waals surface area contributed by atoms with Crippen molar-refractivity contribution in [2.75, 3.05) is 0 Å². The van der Waals surface area contributed by atoms with Crippen LogP contribution in [0, 0.1) is 5.82 Å². The highest BCUT2D eigenvalue weighted by molar-refractivity contribution is 9.10. The summed E-state index contributed by atoms with van der Waals surface area (Å²) in [5.41, 5.74) is 2.63. The molecule has 2 aromatic carbocycles. The first-order valence-electron chi connectivity index (χ1n) is 6.15. The van der Waals surface area contributed by atoms with Gasteiger partial charge in [-0.2, -0.15) is 0 Å². The van der Waals surface area contributed by atoms with Crippen molar-refractivity contribution in [1.29, 1.82) is 0 Å². The van der Waals surface area contributed by atoms with Crippen molar-refractivity contribution in [2.24, 2.45) is 0 Å². The van der Waals surface area contributed by atoms with E-state index in [9.17, 15) is 9.18 Å². The van der Waals surface area contributed by atoms with E-state index in [-0.39, 0.29) is 5.82 Å². The largest absolute Gasteiger partial charge is 0.343 e. The molecule has 0 spiro atoms. The molecule has 3 aromatic rings. The molecular weight excluding hydrogens is 321 g/mol. The maximum absolute atomic E-state index is 13.1. The van der Waals surface area contributed by atoms with E-state index in [1.165, 1.54) is 12.1 Å². The third-order valence-corrected chi connectivity index (χ3v) is 4.03. The molecule has 1 aromatic heterocycles. The molecule has 2 nitrogen and oxygen atoms in total. The molecule has 4 heteroatoms. The van der Waals surface area contributed by atoms with Crippen LogP contribution >= 0.6 is 15.9 Å². The Morgan fingerprint density at radius 2 is 2.00 bits per heavy atom. The molecule has 0 fully saturated rings. The predicted molar refractivity (Wildman–Crippen MR) is 80.5 cm³/mol. The molecule has 0 aliphatic heterocycles. The van der Waals surface area contributed by atoms with Crippen molar-refractivity contribution >= 4 is 33.1 Å². The van der Waals surface area contributed by atoms with Gasteiger partial charge in [-0.25, -0.2) is 4.39 Å². The molecule has 3 rings (SSSR count). The van der Waals surface area contributed by atoms with Gasteiger partial charge in [0, 0.05) is 28.3 Å². The van der Waals surface area contributed by atoms with Crippen LogP contribution in [0.4, 0.5) is 4.39 Å². The molecule has 0 atom stereocenters. The topological polar surface area (TPSA) is 22.0 Å². The highest BCUT2D eigenvalue weighted by Crippen LogP contribution is 2.23. The highest BCUT2D eigenvalue weighted by atomic mass is 79.9. The lowest BCUT2D eigenvalue weighted by Crippen LogP contribution is -1.99. The first kappa shape index (κ1) is 13.1. The monoisotopic (exact) mass is 331 g/mol. The molecule has 0 saturated carbocycles. The summed E-state index contributed by atoms with van der Waals surface area (Å²) in [5, 5.41) is 1.08. The van der Waals surface area contributed by atoms with Crippen LogP contribution in [-0.4, -0.2) is 10.9 Å². The Labute approximate surface area is 124 Å². The van der Waals surface area contributed by atoms with Gasteiger partial charge >= 0.3 is 0 Å². The van der Waals surface area contributed by atoms with Crippen LogP contribution in [0.3, 0.4) is 0 Å². The summed E-state index contributed by atoms with van der Waals surface area (Å²) >= 11 is 3.38. The predicted octanol–water partition coefficient (Wildman–Crippen LogP) is 4.40. The third kappa shape index (κ3) is 2.39. The van der Waals surface area contributed by atoms with E-state index < -0.39 is 0 Å². The van der Waals surface area contributed by atoms with Crippen LogP contribution in [-0.2, 0) is 6.54 Å². The standard InChI is InChI=1S/C16H11BrFNO/c17-15-8-14(18)4-3-13(15)9-19-6-5-12-2-1-11(10-20)7-16(12)19/h1-8,10H,9H2. The fraction of sp³-hybridized carbons (Fsp3) is 0.0625. The van der Waals surface area contributed by atoms with Gasteiger partial charge in [-0.3, -0.25) is 4.79 Å². The van der Waals surface area contributed by atoms with Crippen LogP contribution in [0.2, 0.25) is 0 Å². The molecule has 0 aliphatic carbocycles. The second-order valence-corrected chi connectivity index (χ2v) is 5.47. The van der Waals surface area contributed by atoms with Gasteiger partial charge in [0.25, 0.3) is 0 Å². The summed E-state index contributed by atoms with van der Waals surface area (Å²) in [4.78, 5) is 10.9. The minimum absolute atomic E-state index is 0.263. The second-order valence-electron chi connectivity index (χ2n) is 4.62. The zero-order valence-corrected chi connectivity index (χ0v) is 12.1. The maximum Gasteiger partial charge on any atom is 0.150 e. The van der Waals surface area contributed by atoms with Gasteiger partial charge in [0.15, 0.2) is 0 Å². The number of fused-ring (bicyclic) bond motifs is 1. The molecule has 0 N–H and O–H groups in total. The summed E-state index contributed by atoms with van der Waals surface area (Å²) in [5.74, 6) is -0.263. The quantitative estimate of drug-likeness (QED) is 0.652. The van der Waals surface area contributed by atoms with Gasteiger partial charge in [0.05, 0.1) is 0 Å². The van der Waals surface area contributed by atoms with E-state index in [1.807, 2.05) is 29.0 Å². The molecule has 0 bridgehead atoms. The molecule has 20 heavy (non-hydrogen) atoms. The van der Waals surface area contributed by atoms with Gasteiger partial charge in [0.1, 0.15) is 12.1 Å². The van der Waals surface area contributed by atoms with Crippen molar-refractivity contribution in [2.45, 2.75) is 6.54 Å². The fourth-order valence-electron chi connectivity index (χ4n) is 2.25. The summed E-state index contributed by atoms with van der Waals surface area (Å²) in [6.07, 6.45) is 2.81. The highest BCUT2D eigenvalue weighted by Gasteiger charge is 2.06. The van der Waals surface area contributed by atoms with Gasteiger partial charge in [-0.05, 0) is 35.2 Å². The smallest absolute Gasteiger partial charge is 0.150 e. The van der Waals surface area contributed by atoms with Gasteiger partial charge in [0.2, 0.25) is 0 Å². The summed E-state index contributed by atoms with van der Waals surface area (Å²) in [7, 11) is 0. The number of aromatic nitrogens is 1. The molecule has 0 aliphatic rings. The zero-order valence-electron chi connectivity index (χ0n) is 10.5. The number of aldehydes is 1. The van der Waals surface area contributed by atoms with E-state index in [4.69, 9.17) is 0 Å². The Bertz CT molecular complexity index is 794. The Morgan fingerprint density at radius 1 is 1.15 bits per heavy atom. The molecule has 0 radical (unpaired) electrons. The first-order valence-corrected chi connectivity index (χ1v) is 6.95. The normalized spacial score (nSPS) is 10.9. The third-order valence-electron chi connectivity index (χ3n) is 3.29. The van der Waals surface area contributed by atoms with Gasteiger partial charge in [-0.1, -0.05) is 34.1 Å². The van der Waals surface area contributed by atoms with Crippen molar-refractivity contribution in [3.8, 4) is 0 Å².